The number of aliphatic hydroxyl groups is 1. The minimum absolute atomic E-state index is 0.400. The smallest absolute Gasteiger partial charge is 0.161 e. The molecule has 0 spiro atoms. The van der Waals surface area contributed by atoms with Crippen molar-refractivity contribution < 1.29 is 14.6 Å². The van der Waals surface area contributed by atoms with Gasteiger partial charge in [0.25, 0.3) is 0 Å². The fraction of sp³-hybridized carbons (Fsp3) is 0.667. The van der Waals surface area contributed by atoms with Crippen LogP contribution in [0.4, 0.5) is 0 Å². The van der Waals surface area contributed by atoms with E-state index in [1.807, 2.05) is 32.0 Å². The first-order valence-corrected chi connectivity index (χ1v) is 8.32. The summed E-state index contributed by atoms with van der Waals surface area (Å²) in [6.45, 7) is 5.13. The van der Waals surface area contributed by atoms with Crippen molar-refractivity contribution in [1.82, 2.24) is 0 Å². The second-order valence-electron chi connectivity index (χ2n) is 5.83. The molecule has 2 rings (SSSR count). The molecule has 1 saturated carbocycles. The molecule has 0 saturated heterocycles. The highest BCUT2D eigenvalue weighted by Gasteiger charge is 2.19. The summed E-state index contributed by atoms with van der Waals surface area (Å²) in [5, 5.41) is 10.5. The molecule has 1 aliphatic rings. The number of benzene rings is 1. The average molecular weight is 292 g/mol. The van der Waals surface area contributed by atoms with Crippen molar-refractivity contribution in [3.63, 3.8) is 0 Å². The first kappa shape index (κ1) is 16.2. The van der Waals surface area contributed by atoms with Crippen LogP contribution in [0.1, 0.15) is 64.0 Å². The van der Waals surface area contributed by atoms with Crippen LogP contribution >= 0.6 is 0 Å². The molecule has 21 heavy (non-hydrogen) atoms. The number of ether oxygens (including phenoxy) is 2. The van der Waals surface area contributed by atoms with Gasteiger partial charge in [-0.2, -0.15) is 0 Å². The Morgan fingerprint density at radius 3 is 2.38 bits per heavy atom. The van der Waals surface area contributed by atoms with Crippen molar-refractivity contribution >= 4 is 0 Å². The van der Waals surface area contributed by atoms with Gasteiger partial charge in [0.2, 0.25) is 0 Å². The maximum atomic E-state index is 10.5. The molecular weight excluding hydrogens is 264 g/mol. The van der Waals surface area contributed by atoms with Crippen LogP contribution in [0, 0.1) is 5.92 Å². The van der Waals surface area contributed by atoms with Crippen LogP contribution in [0.2, 0.25) is 0 Å². The quantitative estimate of drug-likeness (QED) is 0.805. The van der Waals surface area contributed by atoms with Crippen molar-refractivity contribution in [2.45, 2.75) is 58.5 Å². The number of aliphatic hydroxyl groups excluding tert-OH is 1. The average Bonchev–Trinajstić information content (AvgIpc) is 2.50. The van der Waals surface area contributed by atoms with E-state index in [1.165, 1.54) is 32.1 Å². The second kappa shape index (κ2) is 8.28. The molecule has 0 radical (unpaired) electrons. The number of rotatable bonds is 7. The van der Waals surface area contributed by atoms with E-state index < -0.39 is 6.10 Å². The van der Waals surface area contributed by atoms with E-state index in [0.29, 0.717) is 19.1 Å². The second-order valence-corrected chi connectivity index (χ2v) is 5.83. The summed E-state index contributed by atoms with van der Waals surface area (Å²) in [7, 11) is 0. The Balaban J connectivity index is 2.05. The lowest BCUT2D eigenvalue weighted by atomic mass is 9.84. The standard InChI is InChI=1S/C18H28O3/c1-3-20-17-11-10-15(13-18(17)21-4-2)16(19)12-14-8-6-5-7-9-14/h10-11,13-14,16,19H,3-9,12H2,1-2H3. The van der Waals surface area contributed by atoms with Crippen LogP contribution in [0.5, 0.6) is 11.5 Å². The lowest BCUT2D eigenvalue weighted by molar-refractivity contribution is 0.131. The van der Waals surface area contributed by atoms with Gasteiger partial charge in [0.15, 0.2) is 11.5 Å². The van der Waals surface area contributed by atoms with E-state index in [0.717, 1.165) is 23.5 Å². The minimum atomic E-state index is -0.400. The highest BCUT2D eigenvalue weighted by Crippen LogP contribution is 2.35. The zero-order chi connectivity index (χ0) is 15.1. The lowest BCUT2D eigenvalue weighted by Gasteiger charge is -2.24. The SMILES string of the molecule is CCOc1ccc(C(O)CC2CCCCC2)cc1OCC. The Labute approximate surface area is 128 Å². The number of hydrogen-bond acceptors (Lipinski definition) is 3. The van der Waals surface area contributed by atoms with E-state index in [2.05, 4.69) is 0 Å². The molecule has 0 amide bonds. The van der Waals surface area contributed by atoms with Crippen LogP contribution in [0.3, 0.4) is 0 Å². The molecule has 0 aromatic heterocycles. The summed E-state index contributed by atoms with van der Waals surface area (Å²) < 4.78 is 11.2. The minimum Gasteiger partial charge on any atom is -0.490 e. The van der Waals surface area contributed by atoms with Gasteiger partial charge >= 0.3 is 0 Å². The van der Waals surface area contributed by atoms with Gasteiger partial charge in [-0.3, -0.25) is 0 Å². The molecule has 1 aromatic rings. The normalized spacial score (nSPS) is 17.5. The van der Waals surface area contributed by atoms with Gasteiger partial charge in [-0.05, 0) is 43.9 Å². The summed E-state index contributed by atoms with van der Waals surface area (Å²) in [6, 6.07) is 5.80. The molecule has 1 aliphatic carbocycles. The molecule has 3 nitrogen and oxygen atoms in total. The van der Waals surface area contributed by atoms with Crippen molar-refractivity contribution in [1.29, 1.82) is 0 Å². The topological polar surface area (TPSA) is 38.7 Å². The van der Waals surface area contributed by atoms with Gasteiger partial charge in [-0.15, -0.1) is 0 Å². The largest absolute Gasteiger partial charge is 0.490 e. The van der Waals surface area contributed by atoms with Gasteiger partial charge in [-0.25, -0.2) is 0 Å². The summed E-state index contributed by atoms with van der Waals surface area (Å²) in [5.74, 6) is 2.16. The fourth-order valence-electron chi connectivity index (χ4n) is 3.15. The third-order valence-electron chi connectivity index (χ3n) is 4.23. The highest BCUT2D eigenvalue weighted by atomic mass is 16.5. The highest BCUT2D eigenvalue weighted by molar-refractivity contribution is 5.43. The van der Waals surface area contributed by atoms with Crippen LogP contribution in [0.25, 0.3) is 0 Å². The van der Waals surface area contributed by atoms with Gasteiger partial charge < -0.3 is 14.6 Å². The van der Waals surface area contributed by atoms with E-state index in [9.17, 15) is 5.11 Å². The Morgan fingerprint density at radius 2 is 1.71 bits per heavy atom. The Hall–Kier alpha value is -1.22. The van der Waals surface area contributed by atoms with E-state index in [4.69, 9.17) is 9.47 Å². The zero-order valence-electron chi connectivity index (χ0n) is 13.3. The lowest BCUT2D eigenvalue weighted by Crippen LogP contribution is -2.11. The molecule has 3 heteroatoms. The monoisotopic (exact) mass is 292 g/mol. The molecule has 0 heterocycles. The molecule has 0 bridgehead atoms. The van der Waals surface area contributed by atoms with Crippen LogP contribution < -0.4 is 9.47 Å². The third kappa shape index (κ3) is 4.63. The Kier molecular flexibility index (Phi) is 6.37. The van der Waals surface area contributed by atoms with E-state index >= 15 is 0 Å². The molecule has 1 atom stereocenters. The molecule has 1 fully saturated rings. The molecule has 118 valence electrons. The Bertz CT molecular complexity index is 424. The van der Waals surface area contributed by atoms with Crippen molar-refractivity contribution in [3.8, 4) is 11.5 Å². The number of hydrogen-bond donors (Lipinski definition) is 1. The van der Waals surface area contributed by atoms with Crippen LogP contribution in [-0.2, 0) is 0 Å². The van der Waals surface area contributed by atoms with Crippen molar-refractivity contribution in [2.24, 2.45) is 5.92 Å². The summed E-state index contributed by atoms with van der Waals surface area (Å²) in [5.41, 5.74) is 0.937. The van der Waals surface area contributed by atoms with Gasteiger partial charge in [-0.1, -0.05) is 38.2 Å². The summed E-state index contributed by atoms with van der Waals surface area (Å²) in [6.07, 6.45) is 6.95. The van der Waals surface area contributed by atoms with Gasteiger partial charge in [0, 0.05) is 0 Å². The zero-order valence-corrected chi connectivity index (χ0v) is 13.3. The molecule has 1 N–H and O–H groups in total. The predicted molar refractivity (Wildman–Crippen MR) is 84.9 cm³/mol. The maximum Gasteiger partial charge on any atom is 0.161 e. The molecular formula is C18H28O3. The first-order valence-electron chi connectivity index (χ1n) is 8.32. The van der Waals surface area contributed by atoms with Gasteiger partial charge in [0.05, 0.1) is 19.3 Å². The van der Waals surface area contributed by atoms with Crippen LogP contribution in [0.15, 0.2) is 18.2 Å². The first-order chi connectivity index (χ1) is 10.2. The summed E-state index contributed by atoms with van der Waals surface area (Å²) >= 11 is 0. The third-order valence-corrected chi connectivity index (χ3v) is 4.23. The molecule has 0 aliphatic heterocycles. The predicted octanol–water partition coefficient (Wildman–Crippen LogP) is 4.49. The van der Waals surface area contributed by atoms with Crippen LogP contribution in [-0.4, -0.2) is 18.3 Å². The molecule has 1 aromatic carbocycles. The van der Waals surface area contributed by atoms with Crippen molar-refractivity contribution in [2.75, 3.05) is 13.2 Å². The maximum absolute atomic E-state index is 10.5. The van der Waals surface area contributed by atoms with Gasteiger partial charge in [0.1, 0.15) is 0 Å². The molecule has 1 unspecified atom stereocenters. The van der Waals surface area contributed by atoms with E-state index in [1.54, 1.807) is 0 Å². The summed E-state index contributed by atoms with van der Waals surface area (Å²) in [4.78, 5) is 0. The fourth-order valence-corrected chi connectivity index (χ4v) is 3.15. The van der Waals surface area contributed by atoms with Crippen molar-refractivity contribution in [3.05, 3.63) is 23.8 Å². The van der Waals surface area contributed by atoms with E-state index in [-0.39, 0.29) is 0 Å². The Morgan fingerprint density at radius 1 is 1.05 bits per heavy atom.